The Labute approximate surface area is 106 Å². The third-order valence-corrected chi connectivity index (χ3v) is 3.08. The first-order valence-electron chi connectivity index (χ1n) is 6.11. The normalized spacial score (nSPS) is 19.5. The molecular weight excluding hydrogens is 232 g/mol. The second kappa shape index (κ2) is 5.73. The molecule has 5 heteroatoms. The van der Waals surface area contributed by atoms with Gasteiger partial charge >= 0.3 is 6.09 Å². The molecule has 0 fully saturated rings. The van der Waals surface area contributed by atoms with E-state index in [0.717, 1.165) is 18.6 Å². The van der Waals surface area contributed by atoms with E-state index in [9.17, 15) is 4.79 Å². The van der Waals surface area contributed by atoms with Crippen LogP contribution in [0, 0.1) is 0 Å². The van der Waals surface area contributed by atoms with Crippen LogP contribution in [0.25, 0.3) is 0 Å². The number of fused-ring (bicyclic) bond motifs is 1. The van der Waals surface area contributed by atoms with Crippen molar-refractivity contribution in [2.24, 2.45) is 11.5 Å². The standard InChI is InChI=1S/C13H18N2O3/c14-8-7-12(18-13(15)16)11-6-5-9-3-1-2-4-10(9)17-11/h1-4,11-12H,5-8,14H2,(H2,15,16). The first-order chi connectivity index (χ1) is 8.70. The molecule has 2 rings (SSSR count). The predicted octanol–water partition coefficient (Wildman–Crippen LogP) is 1.19. The summed E-state index contributed by atoms with van der Waals surface area (Å²) in [6.07, 6.45) is 0.933. The molecule has 98 valence electrons. The topological polar surface area (TPSA) is 87.6 Å². The van der Waals surface area contributed by atoms with E-state index in [4.69, 9.17) is 20.9 Å². The summed E-state index contributed by atoms with van der Waals surface area (Å²) in [6.45, 7) is 0.430. The molecule has 1 amide bonds. The minimum absolute atomic E-state index is 0.170. The Balaban J connectivity index is 2.07. The van der Waals surface area contributed by atoms with Crippen LogP contribution in [0.3, 0.4) is 0 Å². The number of carbonyl (C=O) groups is 1. The van der Waals surface area contributed by atoms with Crippen LogP contribution in [0.4, 0.5) is 4.79 Å². The largest absolute Gasteiger partial charge is 0.486 e. The molecular formula is C13H18N2O3. The van der Waals surface area contributed by atoms with Crippen molar-refractivity contribution in [3.8, 4) is 5.75 Å². The van der Waals surface area contributed by atoms with Gasteiger partial charge in [0, 0.05) is 6.42 Å². The van der Waals surface area contributed by atoms with Crippen LogP contribution in [0.15, 0.2) is 24.3 Å². The summed E-state index contributed by atoms with van der Waals surface area (Å²) >= 11 is 0. The van der Waals surface area contributed by atoms with E-state index >= 15 is 0 Å². The van der Waals surface area contributed by atoms with Crippen molar-refractivity contribution in [3.05, 3.63) is 29.8 Å². The van der Waals surface area contributed by atoms with Crippen LogP contribution >= 0.6 is 0 Å². The van der Waals surface area contributed by atoms with Gasteiger partial charge in [-0.3, -0.25) is 0 Å². The summed E-state index contributed by atoms with van der Waals surface area (Å²) in [5.41, 5.74) is 11.8. The quantitative estimate of drug-likeness (QED) is 0.840. The van der Waals surface area contributed by atoms with Gasteiger partial charge in [-0.25, -0.2) is 4.79 Å². The van der Waals surface area contributed by atoms with Crippen LogP contribution in [-0.2, 0) is 11.2 Å². The van der Waals surface area contributed by atoms with Crippen molar-refractivity contribution < 1.29 is 14.3 Å². The molecule has 1 aliphatic rings. The lowest BCUT2D eigenvalue weighted by molar-refractivity contribution is 0.00728. The van der Waals surface area contributed by atoms with Gasteiger partial charge in [0.05, 0.1) is 0 Å². The number of benzene rings is 1. The molecule has 0 saturated heterocycles. The van der Waals surface area contributed by atoms with Crippen LogP contribution in [0.5, 0.6) is 5.75 Å². The Bertz CT molecular complexity index is 422. The number of primary amides is 1. The second-order valence-corrected chi connectivity index (χ2v) is 4.36. The van der Waals surface area contributed by atoms with Gasteiger partial charge in [0.1, 0.15) is 18.0 Å². The Hall–Kier alpha value is -1.75. The summed E-state index contributed by atoms with van der Waals surface area (Å²) in [6, 6.07) is 7.87. The molecule has 1 aliphatic heterocycles. The molecule has 0 aromatic heterocycles. The molecule has 0 spiro atoms. The number of carbonyl (C=O) groups excluding carboxylic acids is 1. The van der Waals surface area contributed by atoms with Crippen molar-refractivity contribution in [2.45, 2.75) is 31.5 Å². The molecule has 5 nitrogen and oxygen atoms in total. The van der Waals surface area contributed by atoms with Crippen LogP contribution in [0.2, 0.25) is 0 Å². The van der Waals surface area contributed by atoms with Gasteiger partial charge in [-0.05, 0) is 31.0 Å². The Morgan fingerprint density at radius 2 is 2.28 bits per heavy atom. The van der Waals surface area contributed by atoms with E-state index in [2.05, 4.69) is 0 Å². The number of nitrogens with two attached hydrogens (primary N) is 2. The van der Waals surface area contributed by atoms with Crippen molar-refractivity contribution in [3.63, 3.8) is 0 Å². The average Bonchev–Trinajstić information content (AvgIpc) is 2.37. The summed E-state index contributed by atoms with van der Waals surface area (Å²) in [7, 11) is 0. The molecule has 18 heavy (non-hydrogen) atoms. The van der Waals surface area contributed by atoms with Crippen molar-refractivity contribution in [1.82, 2.24) is 0 Å². The fraction of sp³-hybridized carbons (Fsp3) is 0.462. The van der Waals surface area contributed by atoms with Gasteiger partial charge in [-0.1, -0.05) is 18.2 Å². The van der Waals surface area contributed by atoms with E-state index < -0.39 is 6.09 Å². The number of amides is 1. The van der Waals surface area contributed by atoms with Crippen LogP contribution in [-0.4, -0.2) is 24.8 Å². The molecule has 4 N–H and O–H groups in total. The molecule has 1 aromatic rings. The molecule has 0 bridgehead atoms. The highest BCUT2D eigenvalue weighted by atomic mass is 16.6. The predicted molar refractivity (Wildman–Crippen MR) is 67.3 cm³/mol. The lowest BCUT2D eigenvalue weighted by Crippen LogP contribution is -2.40. The highest BCUT2D eigenvalue weighted by molar-refractivity contribution is 5.64. The number of rotatable bonds is 4. The highest BCUT2D eigenvalue weighted by Crippen LogP contribution is 2.29. The van der Waals surface area contributed by atoms with Crippen LogP contribution in [0.1, 0.15) is 18.4 Å². The number of para-hydroxylation sites is 1. The number of aryl methyl sites for hydroxylation is 1. The van der Waals surface area contributed by atoms with Gasteiger partial charge in [-0.2, -0.15) is 0 Å². The fourth-order valence-electron chi connectivity index (χ4n) is 2.24. The molecule has 2 unspecified atom stereocenters. The maximum atomic E-state index is 10.9. The summed E-state index contributed by atoms with van der Waals surface area (Å²) in [4.78, 5) is 10.9. The molecule has 2 atom stereocenters. The Kier molecular flexibility index (Phi) is 4.04. The van der Waals surface area contributed by atoms with E-state index in [-0.39, 0.29) is 12.2 Å². The highest BCUT2D eigenvalue weighted by Gasteiger charge is 2.29. The van der Waals surface area contributed by atoms with Gasteiger partial charge in [-0.15, -0.1) is 0 Å². The first kappa shape index (κ1) is 12.7. The zero-order chi connectivity index (χ0) is 13.0. The van der Waals surface area contributed by atoms with Crippen molar-refractivity contribution >= 4 is 6.09 Å². The maximum Gasteiger partial charge on any atom is 0.404 e. The number of ether oxygens (including phenoxy) is 2. The summed E-state index contributed by atoms with van der Waals surface area (Å²) in [5, 5.41) is 0. The number of hydrogen-bond acceptors (Lipinski definition) is 4. The molecule has 0 saturated carbocycles. The van der Waals surface area contributed by atoms with E-state index in [0.29, 0.717) is 13.0 Å². The monoisotopic (exact) mass is 250 g/mol. The molecule has 1 aromatic carbocycles. The van der Waals surface area contributed by atoms with E-state index in [1.165, 1.54) is 5.56 Å². The third-order valence-electron chi connectivity index (χ3n) is 3.08. The van der Waals surface area contributed by atoms with Gasteiger partial charge in [0.15, 0.2) is 0 Å². The zero-order valence-electron chi connectivity index (χ0n) is 10.2. The maximum absolute atomic E-state index is 10.9. The summed E-state index contributed by atoms with van der Waals surface area (Å²) < 4.78 is 10.9. The van der Waals surface area contributed by atoms with Gasteiger partial charge in [0.2, 0.25) is 0 Å². The molecule has 0 aliphatic carbocycles. The third kappa shape index (κ3) is 2.92. The fourth-order valence-corrected chi connectivity index (χ4v) is 2.24. The minimum Gasteiger partial charge on any atom is -0.486 e. The van der Waals surface area contributed by atoms with Crippen LogP contribution < -0.4 is 16.2 Å². The SMILES string of the molecule is NCCC(OC(N)=O)C1CCc2ccccc2O1. The van der Waals surface area contributed by atoms with Crippen molar-refractivity contribution in [2.75, 3.05) is 6.54 Å². The lowest BCUT2D eigenvalue weighted by Gasteiger charge is -2.31. The minimum atomic E-state index is -0.782. The summed E-state index contributed by atoms with van der Waals surface area (Å²) in [5.74, 6) is 0.851. The lowest BCUT2D eigenvalue weighted by atomic mass is 9.97. The van der Waals surface area contributed by atoms with Crippen molar-refractivity contribution in [1.29, 1.82) is 0 Å². The van der Waals surface area contributed by atoms with E-state index in [1.807, 2.05) is 24.3 Å². The van der Waals surface area contributed by atoms with Gasteiger partial charge < -0.3 is 20.9 Å². The Morgan fingerprint density at radius 1 is 1.50 bits per heavy atom. The Morgan fingerprint density at radius 3 is 3.00 bits per heavy atom. The van der Waals surface area contributed by atoms with Gasteiger partial charge in [0.25, 0.3) is 0 Å². The molecule has 1 heterocycles. The van der Waals surface area contributed by atoms with E-state index in [1.54, 1.807) is 0 Å². The second-order valence-electron chi connectivity index (χ2n) is 4.36. The zero-order valence-corrected chi connectivity index (χ0v) is 10.2. The smallest absolute Gasteiger partial charge is 0.404 e. The molecule has 0 radical (unpaired) electrons. The number of hydrogen-bond donors (Lipinski definition) is 2. The first-order valence-corrected chi connectivity index (χ1v) is 6.11. The average molecular weight is 250 g/mol.